The highest BCUT2D eigenvalue weighted by Crippen LogP contribution is 2.46. The minimum absolute atomic E-state index is 1.03. The van der Waals surface area contributed by atoms with Crippen molar-refractivity contribution in [3.63, 3.8) is 0 Å². The molecule has 0 aliphatic carbocycles. The Bertz CT molecular complexity index is 2650. The molecular formula is C37H20N2S. The first kappa shape index (κ1) is 20.9. The summed E-state index contributed by atoms with van der Waals surface area (Å²) < 4.78 is 5.08. The summed E-state index contributed by atoms with van der Waals surface area (Å²) in [6, 6.07) is 44.3. The van der Waals surface area contributed by atoms with Gasteiger partial charge in [-0.1, -0.05) is 103 Å². The Morgan fingerprint density at radius 2 is 1.20 bits per heavy atom. The number of fused-ring (bicyclic) bond motifs is 12. The molecule has 0 aliphatic rings. The van der Waals surface area contributed by atoms with Gasteiger partial charge in [-0.2, -0.15) is 0 Å². The van der Waals surface area contributed by atoms with Crippen LogP contribution in [-0.2, 0) is 0 Å². The van der Waals surface area contributed by atoms with Crippen molar-refractivity contribution in [1.29, 1.82) is 0 Å². The van der Waals surface area contributed by atoms with Crippen LogP contribution in [0.3, 0.4) is 0 Å². The van der Waals surface area contributed by atoms with Crippen molar-refractivity contribution in [1.82, 2.24) is 9.38 Å². The van der Waals surface area contributed by atoms with E-state index in [1.54, 1.807) is 0 Å². The van der Waals surface area contributed by atoms with E-state index in [1.165, 1.54) is 80.0 Å². The molecule has 0 radical (unpaired) electrons. The molecule has 4 heterocycles. The quantitative estimate of drug-likeness (QED) is 0.209. The van der Waals surface area contributed by atoms with Gasteiger partial charge in [0.2, 0.25) is 0 Å². The summed E-state index contributed by atoms with van der Waals surface area (Å²) in [4.78, 5) is 5.23. The molecule has 0 N–H and O–H groups in total. The first-order chi connectivity index (χ1) is 19.8. The molecule has 40 heavy (non-hydrogen) atoms. The molecule has 0 unspecified atom stereocenters. The minimum Gasteiger partial charge on any atom is -0.291 e. The van der Waals surface area contributed by atoms with Gasteiger partial charge in [-0.05, 0) is 40.1 Å². The molecule has 0 bridgehead atoms. The van der Waals surface area contributed by atoms with Crippen LogP contribution in [0.1, 0.15) is 0 Å². The maximum absolute atomic E-state index is 5.23. The van der Waals surface area contributed by atoms with E-state index < -0.39 is 0 Å². The Balaban J connectivity index is 1.34. The molecule has 184 valence electrons. The molecule has 0 amide bonds. The summed E-state index contributed by atoms with van der Waals surface area (Å²) >= 11 is 1.90. The smallest absolute Gasteiger partial charge is 0.146 e. The Labute approximate surface area is 232 Å². The number of rotatable bonds is 1. The zero-order chi connectivity index (χ0) is 25.9. The lowest BCUT2D eigenvalue weighted by Gasteiger charge is -2.07. The van der Waals surface area contributed by atoms with Gasteiger partial charge in [0.15, 0.2) is 0 Å². The van der Waals surface area contributed by atoms with Crippen molar-refractivity contribution in [2.45, 2.75) is 0 Å². The number of nitrogens with zero attached hydrogens (tertiary/aromatic N) is 2. The Kier molecular flexibility index (Phi) is 3.84. The van der Waals surface area contributed by atoms with Crippen LogP contribution >= 0.6 is 11.3 Å². The van der Waals surface area contributed by atoms with Gasteiger partial charge in [-0.15, -0.1) is 11.3 Å². The number of aromatic nitrogens is 2. The van der Waals surface area contributed by atoms with Crippen LogP contribution in [0, 0.1) is 0 Å². The number of pyridine rings is 1. The fraction of sp³-hybridized carbons (Fsp3) is 0. The minimum atomic E-state index is 1.03. The van der Waals surface area contributed by atoms with Crippen LogP contribution in [-0.4, -0.2) is 9.38 Å². The number of hydrogen-bond donors (Lipinski definition) is 0. The second-order valence-electron chi connectivity index (χ2n) is 10.8. The van der Waals surface area contributed by atoms with Crippen LogP contribution in [0.25, 0.3) is 91.2 Å². The van der Waals surface area contributed by atoms with Crippen LogP contribution in [0.15, 0.2) is 121 Å². The van der Waals surface area contributed by atoms with Gasteiger partial charge in [0.1, 0.15) is 5.65 Å². The summed E-state index contributed by atoms with van der Waals surface area (Å²) in [6.07, 6.45) is 0. The van der Waals surface area contributed by atoms with E-state index in [-0.39, 0.29) is 0 Å². The highest BCUT2D eigenvalue weighted by Gasteiger charge is 2.21. The van der Waals surface area contributed by atoms with Crippen molar-refractivity contribution in [2.75, 3.05) is 0 Å². The van der Waals surface area contributed by atoms with Crippen molar-refractivity contribution in [3.05, 3.63) is 121 Å². The van der Waals surface area contributed by atoms with E-state index in [2.05, 4.69) is 126 Å². The van der Waals surface area contributed by atoms with E-state index in [0.717, 1.165) is 11.2 Å². The van der Waals surface area contributed by atoms with E-state index in [9.17, 15) is 0 Å². The summed E-state index contributed by atoms with van der Waals surface area (Å²) in [5.74, 6) is 0. The maximum atomic E-state index is 5.23. The van der Waals surface area contributed by atoms with E-state index in [4.69, 9.17) is 4.98 Å². The molecule has 0 atom stereocenters. The fourth-order valence-electron chi connectivity index (χ4n) is 6.93. The van der Waals surface area contributed by atoms with Crippen LogP contribution in [0.2, 0.25) is 0 Å². The van der Waals surface area contributed by atoms with Crippen LogP contribution in [0.4, 0.5) is 0 Å². The van der Waals surface area contributed by atoms with Crippen LogP contribution in [0.5, 0.6) is 0 Å². The normalized spacial score (nSPS) is 12.5. The van der Waals surface area contributed by atoms with Gasteiger partial charge in [-0.3, -0.25) is 4.40 Å². The molecule has 0 fully saturated rings. The number of hydrogen-bond acceptors (Lipinski definition) is 2. The third-order valence-electron chi connectivity index (χ3n) is 8.70. The van der Waals surface area contributed by atoms with Crippen molar-refractivity contribution >= 4 is 91.4 Å². The Morgan fingerprint density at radius 3 is 2.15 bits per heavy atom. The predicted molar refractivity (Wildman–Crippen MR) is 172 cm³/mol. The van der Waals surface area contributed by atoms with E-state index in [1.807, 2.05) is 11.3 Å². The van der Waals surface area contributed by atoms with Gasteiger partial charge in [0.25, 0.3) is 0 Å². The molecule has 0 saturated heterocycles. The Morgan fingerprint density at radius 1 is 0.500 bits per heavy atom. The molecule has 0 saturated carbocycles. The molecule has 0 aliphatic heterocycles. The highest BCUT2D eigenvalue weighted by atomic mass is 32.1. The average Bonchev–Trinajstić information content (AvgIpc) is 3.66. The van der Waals surface area contributed by atoms with Gasteiger partial charge in [0.05, 0.1) is 21.3 Å². The maximum Gasteiger partial charge on any atom is 0.146 e. The first-order valence-corrected chi connectivity index (χ1v) is 14.5. The molecular weight excluding hydrogens is 504 g/mol. The van der Waals surface area contributed by atoms with Gasteiger partial charge >= 0.3 is 0 Å². The summed E-state index contributed by atoms with van der Waals surface area (Å²) in [5.41, 5.74) is 7.17. The molecule has 6 aromatic carbocycles. The monoisotopic (exact) mass is 524 g/mol. The molecule has 10 rings (SSSR count). The molecule has 3 heteroatoms. The lowest BCUT2D eigenvalue weighted by molar-refractivity contribution is 1.31. The van der Waals surface area contributed by atoms with Crippen molar-refractivity contribution in [3.8, 4) is 11.1 Å². The van der Waals surface area contributed by atoms with E-state index in [0.29, 0.717) is 0 Å². The Hall–Kier alpha value is -4.99. The topological polar surface area (TPSA) is 17.3 Å². The first-order valence-electron chi connectivity index (χ1n) is 13.6. The zero-order valence-electron chi connectivity index (χ0n) is 21.3. The number of benzene rings is 6. The second-order valence-corrected chi connectivity index (χ2v) is 11.8. The summed E-state index contributed by atoms with van der Waals surface area (Å²) in [6.45, 7) is 0. The third-order valence-corrected chi connectivity index (χ3v) is 9.87. The molecule has 2 nitrogen and oxygen atoms in total. The van der Waals surface area contributed by atoms with Crippen LogP contribution < -0.4 is 0 Å². The lowest BCUT2D eigenvalue weighted by Crippen LogP contribution is -1.86. The van der Waals surface area contributed by atoms with Gasteiger partial charge in [0, 0.05) is 42.4 Å². The van der Waals surface area contributed by atoms with E-state index >= 15 is 0 Å². The third kappa shape index (κ3) is 2.56. The largest absolute Gasteiger partial charge is 0.291 e. The van der Waals surface area contributed by atoms with Crippen molar-refractivity contribution < 1.29 is 0 Å². The standard InChI is InChI=1S/C37H20N2S/c1-3-10-24-21(7-1)9-5-11-25(24)22-15-16-26-30-18-17-29-27-12-6-13-28-31-19-23-8-2-4-14-32(23)38-37(31)39(34(27)28)35(29)36(30)40-33(26)20-22/h1-20H. The molecule has 0 spiro atoms. The summed E-state index contributed by atoms with van der Waals surface area (Å²) in [7, 11) is 0. The molecule has 10 aromatic rings. The highest BCUT2D eigenvalue weighted by molar-refractivity contribution is 7.26. The zero-order valence-corrected chi connectivity index (χ0v) is 22.2. The lowest BCUT2D eigenvalue weighted by atomic mass is 9.97. The molecule has 4 aromatic heterocycles. The second kappa shape index (κ2) is 7.35. The average molecular weight is 525 g/mol. The SMILES string of the molecule is c1ccc2nc3c(cc2c1)c1cccc2c4ccc5c6ccc(-c7cccc8ccccc78)cc6sc5c4n3c12. The van der Waals surface area contributed by atoms with Crippen molar-refractivity contribution in [2.24, 2.45) is 0 Å². The fourth-order valence-corrected chi connectivity index (χ4v) is 8.21. The summed E-state index contributed by atoms with van der Waals surface area (Å²) in [5, 5.41) is 11.5. The number of para-hydroxylation sites is 2. The van der Waals surface area contributed by atoms with Gasteiger partial charge in [-0.25, -0.2) is 4.98 Å². The predicted octanol–water partition coefficient (Wildman–Crippen LogP) is 10.6. The van der Waals surface area contributed by atoms with Gasteiger partial charge < -0.3 is 0 Å². The number of thiophene rings is 1.